The van der Waals surface area contributed by atoms with Gasteiger partial charge in [-0.2, -0.15) is 0 Å². The number of carbonyl (C=O) groups is 1. The van der Waals surface area contributed by atoms with Crippen molar-refractivity contribution in [2.24, 2.45) is 11.3 Å². The number of carboxylic acid groups (broad SMARTS) is 1. The third-order valence-corrected chi connectivity index (χ3v) is 4.87. The van der Waals surface area contributed by atoms with Crippen LogP contribution in [0.15, 0.2) is 18.5 Å². The van der Waals surface area contributed by atoms with Crippen LogP contribution in [0, 0.1) is 11.3 Å². The summed E-state index contributed by atoms with van der Waals surface area (Å²) in [5.74, 6) is -2.85. The quantitative estimate of drug-likeness (QED) is 0.904. The van der Waals surface area contributed by atoms with Crippen LogP contribution in [0.5, 0.6) is 0 Å². The number of aromatic carboxylic acids is 1. The summed E-state index contributed by atoms with van der Waals surface area (Å²) in [6, 6.07) is 1.41. The van der Waals surface area contributed by atoms with E-state index in [-0.39, 0.29) is 24.0 Å². The Bertz CT molecular complexity index is 773. The van der Waals surface area contributed by atoms with Crippen molar-refractivity contribution in [3.63, 3.8) is 0 Å². The molecule has 4 rings (SSSR count). The topological polar surface area (TPSA) is 79.5 Å². The van der Waals surface area contributed by atoms with Crippen molar-refractivity contribution in [3.05, 3.63) is 24.2 Å². The largest absolute Gasteiger partial charge is 0.477 e. The standard InChI is InChI=1S/C15H16F2N4O2/c16-15(17)7-14(8-15)4-9(5-14)6-19-13-20-10(12(22)23)3-11-18-1-2-21(11)13/h1-3,9H,4-8H2,(H,19,20)(H,22,23). The molecule has 2 aromatic heterocycles. The lowest BCUT2D eigenvalue weighted by Crippen LogP contribution is -2.54. The Balaban J connectivity index is 1.43. The van der Waals surface area contributed by atoms with E-state index in [0.717, 1.165) is 12.8 Å². The number of fused-ring (bicyclic) bond motifs is 1. The van der Waals surface area contributed by atoms with E-state index in [1.165, 1.54) is 6.07 Å². The fraction of sp³-hybridized carbons (Fsp3) is 0.533. The van der Waals surface area contributed by atoms with Crippen molar-refractivity contribution >= 4 is 17.6 Å². The Morgan fingerprint density at radius 1 is 1.43 bits per heavy atom. The zero-order valence-corrected chi connectivity index (χ0v) is 12.3. The predicted molar refractivity (Wildman–Crippen MR) is 77.8 cm³/mol. The summed E-state index contributed by atoms with van der Waals surface area (Å²) >= 11 is 0. The molecule has 0 amide bonds. The molecule has 2 heterocycles. The highest BCUT2D eigenvalue weighted by Crippen LogP contribution is 2.64. The number of imidazole rings is 1. The van der Waals surface area contributed by atoms with E-state index in [2.05, 4.69) is 15.3 Å². The van der Waals surface area contributed by atoms with Crippen LogP contribution in [0.25, 0.3) is 5.65 Å². The Hall–Kier alpha value is -2.25. The summed E-state index contributed by atoms with van der Waals surface area (Å²) in [4.78, 5) is 19.3. The SMILES string of the molecule is O=C(O)c1cc2nccn2c(NCC2CC3(C2)CC(F)(F)C3)n1. The number of hydrogen-bond donors (Lipinski definition) is 2. The van der Waals surface area contributed by atoms with E-state index >= 15 is 0 Å². The first kappa shape index (κ1) is 14.3. The van der Waals surface area contributed by atoms with Gasteiger partial charge in [-0.1, -0.05) is 0 Å². The van der Waals surface area contributed by atoms with Gasteiger partial charge in [-0.25, -0.2) is 23.5 Å². The van der Waals surface area contributed by atoms with Crippen molar-refractivity contribution in [1.82, 2.24) is 14.4 Å². The monoisotopic (exact) mass is 322 g/mol. The van der Waals surface area contributed by atoms with Gasteiger partial charge in [-0.15, -0.1) is 0 Å². The van der Waals surface area contributed by atoms with Crippen LogP contribution in [-0.2, 0) is 0 Å². The van der Waals surface area contributed by atoms with Gasteiger partial charge >= 0.3 is 5.97 Å². The van der Waals surface area contributed by atoms with E-state index in [9.17, 15) is 13.6 Å². The van der Waals surface area contributed by atoms with E-state index < -0.39 is 11.9 Å². The summed E-state index contributed by atoms with van der Waals surface area (Å²) in [5, 5.41) is 12.2. The summed E-state index contributed by atoms with van der Waals surface area (Å²) in [6.45, 7) is 0.594. The number of carboxylic acids is 1. The molecule has 0 aromatic carbocycles. The van der Waals surface area contributed by atoms with Crippen LogP contribution in [0.1, 0.15) is 36.2 Å². The molecule has 2 fully saturated rings. The molecule has 2 N–H and O–H groups in total. The van der Waals surface area contributed by atoms with Crippen molar-refractivity contribution in [1.29, 1.82) is 0 Å². The summed E-state index contributed by atoms with van der Waals surface area (Å²) in [6.07, 6.45) is 4.88. The second-order valence-corrected chi connectivity index (χ2v) is 6.79. The average Bonchev–Trinajstić information content (AvgIpc) is 2.87. The second-order valence-electron chi connectivity index (χ2n) is 6.79. The number of hydrogen-bond acceptors (Lipinski definition) is 4. The van der Waals surface area contributed by atoms with Gasteiger partial charge in [0.1, 0.15) is 5.65 Å². The van der Waals surface area contributed by atoms with Crippen molar-refractivity contribution in [2.75, 3.05) is 11.9 Å². The normalized spacial score (nSPS) is 21.8. The number of alkyl halides is 2. The second kappa shape index (κ2) is 4.62. The van der Waals surface area contributed by atoms with Crippen LogP contribution in [0.4, 0.5) is 14.7 Å². The highest BCUT2D eigenvalue weighted by molar-refractivity contribution is 5.87. The van der Waals surface area contributed by atoms with E-state index in [4.69, 9.17) is 5.11 Å². The van der Waals surface area contributed by atoms with Gasteiger partial charge in [0.15, 0.2) is 5.69 Å². The van der Waals surface area contributed by atoms with Crippen LogP contribution < -0.4 is 5.32 Å². The van der Waals surface area contributed by atoms with Gasteiger partial charge in [0.25, 0.3) is 0 Å². The van der Waals surface area contributed by atoms with Gasteiger partial charge in [-0.3, -0.25) is 4.40 Å². The molecular formula is C15H16F2N4O2. The molecule has 2 aliphatic carbocycles. The molecular weight excluding hydrogens is 306 g/mol. The molecule has 0 atom stereocenters. The molecule has 0 aliphatic heterocycles. The van der Waals surface area contributed by atoms with Crippen molar-refractivity contribution < 1.29 is 18.7 Å². The van der Waals surface area contributed by atoms with Crippen LogP contribution in [-0.4, -0.2) is 37.9 Å². The maximum Gasteiger partial charge on any atom is 0.354 e. The molecule has 122 valence electrons. The van der Waals surface area contributed by atoms with Crippen LogP contribution >= 0.6 is 0 Å². The number of nitrogens with zero attached hydrogens (tertiary/aromatic N) is 3. The molecule has 0 radical (unpaired) electrons. The van der Waals surface area contributed by atoms with Crippen molar-refractivity contribution in [3.8, 4) is 0 Å². The first-order valence-corrected chi connectivity index (χ1v) is 7.55. The lowest BCUT2D eigenvalue weighted by atomic mass is 9.50. The minimum Gasteiger partial charge on any atom is -0.477 e. The summed E-state index contributed by atoms with van der Waals surface area (Å²) < 4.78 is 27.7. The highest BCUT2D eigenvalue weighted by Gasteiger charge is 2.61. The maximum atomic E-state index is 13.0. The Morgan fingerprint density at radius 2 is 2.17 bits per heavy atom. The lowest BCUT2D eigenvalue weighted by Gasteiger charge is -2.57. The van der Waals surface area contributed by atoms with Gasteiger partial charge in [0.2, 0.25) is 11.9 Å². The minimum absolute atomic E-state index is 0.00894. The van der Waals surface area contributed by atoms with Gasteiger partial charge in [-0.05, 0) is 24.2 Å². The maximum absolute atomic E-state index is 13.0. The molecule has 6 nitrogen and oxygen atoms in total. The van der Waals surface area contributed by atoms with E-state index in [1.54, 1.807) is 16.8 Å². The first-order valence-electron chi connectivity index (χ1n) is 7.55. The number of halogens is 2. The third-order valence-electron chi connectivity index (χ3n) is 4.87. The Morgan fingerprint density at radius 3 is 2.83 bits per heavy atom. The molecule has 2 aromatic rings. The number of aromatic nitrogens is 3. The summed E-state index contributed by atoms with van der Waals surface area (Å²) in [5.41, 5.74) is 0.273. The zero-order chi connectivity index (χ0) is 16.2. The first-order chi connectivity index (χ1) is 10.9. The summed E-state index contributed by atoms with van der Waals surface area (Å²) in [7, 11) is 0. The molecule has 8 heteroatoms. The van der Waals surface area contributed by atoms with Crippen LogP contribution in [0.3, 0.4) is 0 Å². The zero-order valence-electron chi connectivity index (χ0n) is 12.3. The molecule has 0 saturated heterocycles. The van der Waals surface area contributed by atoms with Gasteiger partial charge in [0, 0.05) is 37.8 Å². The van der Waals surface area contributed by atoms with E-state index in [0.29, 0.717) is 24.1 Å². The lowest BCUT2D eigenvalue weighted by molar-refractivity contribution is -0.204. The fourth-order valence-electron chi connectivity index (χ4n) is 4.04. The van der Waals surface area contributed by atoms with E-state index in [1.807, 2.05) is 0 Å². The molecule has 0 bridgehead atoms. The minimum atomic E-state index is -2.47. The Kier molecular flexibility index (Phi) is 2.88. The third kappa shape index (κ3) is 2.42. The smallest absolute Gasteiger partial charge is 0.354 e. The molecule has 0 unspecified atom stereocenters. The molecule has 1 spiro atoms. The molecule has 2 saturated carbocycles. The predicted octanol–water partition coefficient (Wildman–Crippen LogP) is 2.66. The highest BCUT2D eigenvalue weighted by atomic mass is 19.3. The fourth-order valence-corrected chi connectivity index (χ4v) is 4.04. The van der Waals surface area contributed by atoms with Crippen LogP contribution in [0.2, 0.25) is 0 Å². The van der Waals surface area contributed by atoms with Gasteiger partial charge < -0.3 is 10.4 Å². The number of anilines is 1. The van der Waals surface area contributed by atoms with Crippen molar-refractivity contribution in [2.45, 2.75) is 31.6 Å². The van der Waals surface area contributed by atoms with Gasteiger partial charge in [0.05, 0.1) is 0 Å². The molecule has 23 heavy (non-hydrogen) atoms. The Labute approximate surface area is 130 Å². The molecule has 2 aliphatic rings. The number of nitrogens with one attached hydrogen (secondary N) is 1. The average molecular weight is 322 g/mol. The number of rotatable bonds is 4.